The first-order valence-corrected chi connectivity index (χ1v) is 8.94. The van der Waals surface area contributed by atoms with E-state index in [1.165, 1.54) is 0 Å². The lowest BCUT2D eigenvalue weighted by Crippen LogP contribution is -2.54. The van der Waals surface area contributed by atoms with Crippen molar-refractivity contribution in [1.29, 1.82) is 0 Å². The fourth-order valence-electron chi connectivity index (χ4n) is 2.40. The summed E-state index contributed by atoms with van der Waals surface area (Å²) in [4.78, 5) is 46.0. The summed E-state index contributed by atoms with van der Waals surface area (Å²) in [5, 5.41) is 16.5. The molecule has 0 aromatic heterocycles. The Balaban J connectivity index is 2.64. The van der Waals surface area contributed by atoms with Crippen LogP contribution in [0.2, 0.25) is 0 Å². The maximum Gasteiger partial charge on any atom is 0.328 e. The molecule has 28 heavy (non-hydrogen) atoms. The fourth-order valence-corrected chi connectivity index (χ4v) is 2.40. The molecule has 0 heterocycles. The summed E-state index contributed by atoms with van der Waals surface area (Å²) >= 11 is 0. The van der Waals surface area contributed by atoms with E-state index in [2.05, 4.69) is 16.0 Å². The van der Waals surface area contributed by atoms with E-state index in [0.717, 1.165) is 5.56 Å². The van der Waals surface area contributed by atoms with Gasteiger partial charge in [-0.25, -0.2) is 4.79 Å². The lowest BCUT2D eigenvalue weighted by atomic mass is 10.0. The van der Waals surface area contributed by atoms with Gasteiger partial charge in [0.05, 0.1) is 19.8 Å². The Bertz CT molecular complexity index is 650. The lowest BCUT2D eigenvalue weighted by molar-refractivity contribution is -0.144. The molecule has 4 N–H and O–H groups in total. The third-order valence-corrected chi connectivity index (χ3v) is 3.72. The Kier molecular flexibility index (Phi) is 10.3. The number of carbonyl (C=O) groups is 4. The van der Waals surface area contributed by atoms with Crippen molar-refractivity contribution in [3.63, 3.8) is 0 Å². The maximum atomic E-state index is 12.5. The molecule has 0 aliphatic carbocycles. The molecule has 2 atom stereocenters. The Hall–Kier alpha value is -2.94. The van der Waals surface area contributed by atoms with E-state index in [1.54, 1.807) is 0 Å². The molecule has 0 radical (unpaired) electrons. The zero-order valence-corrected chi connectivity index (χ0v) is 16.0. The number of amides is 3. The Morgan fingerprint density at radius 3 is 2.36 bits per heavy atom. The quantitative estimate of drug-likeness (QED) is 0.350. The van der Waals surface area contributed by atoms with Crippen molar-refractivity contribution in [3.05, 3.63) is 35.9 Å². The summed E-state index contributed by atoms with van der Waals surface area (Å²) in [5.41, 5.74) is 0.880. The van der Waals surface area contributed by atoms with Crippen LogP contribution < -0.4 is 16.0 Å². The van der Waals surface area contributed by atoms with Crippen molar-refractivity contribution in [1.82, 2.24) is 16.0 Å². The molecule has 0 saturated carbocycles. The summed E-state index contributed by atoms with van der Waals surface area (Å²) in [6.07, 6.45) is 0.692. The third-order valence-electron chi connectivity index (χ3n) is 3.72. The van der Waals surface area contributed by atoms with Crippen molar-refractivity contribution < 1.29 is 29.0 Å². The highest BCUT2D eigenvalue weighted by molar-refractivity contribution is 5.91. The Labute approximate surface area is 163 Å². The van der Waals surface area contributed by atoms with Gasteiger partial charge in [0.15, 0.2) is 6.04 Å². The van der Waals surface area contributed by atoms with Gasteiger partial charge in [0.2, 0.25) is 18.2 Å². The van der Waals surface area contributed by atoms with Gasteiger partial charge in [-0.15, -0.1) is 0 Å². The van der Waals surface area contributed by atoms with Crippen LogP contribution in [-0.2, 0) is 30.5 Å². The van der Waals surface area contributed by atoms with Gasteiger partial charge in [0.1, 0.15) is 6.04 Å². The first kappa shape index (κ1) is 23.1. The molecule has 1 aromatic rings. The highest BCUT2D eigenvalue weighted by Gasteiger charge is 2.27. The van der Waals surface area contributed by atoms with E-state index in [-0.39, 0.29) is 25.7 Å². The lowest BCUT2D eigenvalue weighted by Gasteiger charge is -2.22. The molecule has 154 valence electrons. The van der Waals surface area contributed by atoms with Gasteiger partial charge < -0.3 is 25.8 Å². The molecule has 3 amide bonds. The standard InChI is InChI=1S/C19H27N3O6/c1-13(2)8-15(21-17(24)9-20-12-23)18(25)22-16(19(26)27)11-28-10-14-6-4-3-5-7-14/h3-7,12-13,15-16H,8-11H2,1-2H3,(H,20,23)(H,21,24)(H,22,25)(H,26,27). The summed E-state index contributed by atoms with van der Waals surface area (Å²) in [6.45, 7) is 3.46. The van der Waals surface area contributed by atoms with Crippen LogP contribution in [0.4, 0.5) is 0 Å². The minimum absolute atomic E-state index is 0.0766. The zero-order chi connectivity index (χ0) is 20.9. The van der Waals surface area contributed by atoms with Gasteiger partial charge in [0.25, 0.3) is 0 Å². The van der Waals surface area contributed by atoms with E-state index in [0.29, 0.717) is 12.8 Å². The van der Waals surface area contributed by atoms with Crippen LogP contribution in [0.3, 0.4) is 0 Å². The minimum Gasteiger partial charge on any atom is -0.480 e. The number of rotatable bonds is 13. The summed E-state index contributed by atoms with van der Waals surface area (Å²) in [6, 6.07) is 7.05. The van der Waals surface area contributed by atoms with E-state index >= 15 is 0 Å². The SMILES string of the molecule is CC(C)CC(NC(=O)CNC=O)C(=O)NC(COCc1ccccc1)C(=O)O. The second kappa shape index (κ2) is 12.4. The number of nitrogens with one attached hydrogen (secondary N) is 3. The van der Waals surface area contributed by atoms with Crippen LogP contribution in [0, 0.1) is 5.92 Å². The second-order valence-electron chi connectivity index (χ2n) is 6.65. The Morgan fingerprint density at radius 2 is 1.79 bits per heavy atom. The van der Waals surface area contributed by atoms with Gasteiger partial charge in [-0.1, -0.05) is 44.2 Å². The fraction of sp³-hybridized carbons (Fsp3) is 0.474. The summed E-state index contributed by atoms with van der Waals surface area (Å²) in [5.74, 6) is -2.32. The third kappa shape index (κ3) is 9.13. The number of ether oxygens (including phenoxy) is 1. The van der Waals surface area contributed by atoms with Crippen LogP contribution in [0.25, 0.3) is 0 Å². The molecular weight excluding hydrogens is 366 g/mol. The number of hydrogen-bond acceptors (Lipinski definition) is 5. The van der Waals surface area contributed by atoms with E-state index in [9.17, 15) is 24.3 Å². The second-order valence-corrected chi connectivity index (χ2v) is 6.65. The highest BCUT2D eigenvalue weighted by Crippen LogP contribution is 2.06. The number of hydrogen-bond donors (Lipinski definition) is 4. The normalized spacial score (nSPS) is 12.7. The predicted octanol–water partition coefficient (Wildman–Crippen LogP) is 0.0495. The van der Waals surface area contributed by atoms with Crippen molar-refractivity contribution in [3.8, 4) is 0 Å². The molecule has 0 saturated heterocycles. The molecule has 0 spiro atoms. The van der Waals surface area contributed by atoms with Gasteiger partial charge in [0, 0.05) is 0 Å². The van der Waals surface area contributed by atoms with Crippen LogP contribution >= 0.6 is 0 Å². The molecule has 1 aromatic carbocycles. The van der Waals surface area contributed by atoms with Gasteiger partial charge >= 0.3 is 5.97 Å². The number of aliphatic carboxylic acids is 1. The number of carboxylic acid groups (broad SMARTS) is 1. The minimum atomic E-state index is -1.25. The van der Waals surface area contributed by atoms with Crippen molar-refractivity contribution in [2.24, 2.45) is 5.92 Å². The first-order chi connectivity index (χ1) is 13.3. The van der Waals surface area contributed by atoms with Crippen molar-refractivity contribution in [2.45, 2.75) is 39.0 Å². The monoisotopic (exact) mass is 393 g/mol. The smallest absolute Gasteiger partial charge is 0.328 e. The summed E-state index contributed by atoms with van der Waals surface area (Å²) in [7, 11) is 0. The van der Waals surface area contributed by atoms with E-state index in [1.807, 2.05) is 44.2 Å². The maximum absolute atomic E-state index is 12.5. The topological polar surface area (TPSA) is 134 Å². The van der Waals surface area contributed by atoms with Gasteiger partial charge in [-0.3, -0.25) is 14.4 Å². The van der Waals surface area contributed by atoms with Crippen LogP contribution in [0.5, 0.6) is 0 Å². The van der Waals surface area contributed by atoms with Crippen molar-refractivity contribution >= 4 is 24.2 Å². The molecule has 1 rings (SSSR count). The van der Waals surface area contributed by atoms with Crippen LogP contribution in [0.1, 0.15) is 25.8 Å². The molecule has 0 bridgehead atoms. The van der Waals surface area contributed by atoms with E-state index < -0.39 is 29.9 Å². The molecule has 0 aliphatic heterocycles. The largest absolute Gasteiger partial charge is 0.480 e. The van der Waals surface area contributed by atoms with Crippen LogP contribution in [0.15, 0.2) is 30.3 Å². The first-order valence-electron chi connectivity index (χ1n) is 8.94. The molecule has 9 nitrogen and oxygen atoms in total. The van der Waals surface area contributed by atoms with Gasteiger partial charge in [-0.05, 0) is 17.9 Å². The molecular formula is C19H27N3O6. The predicted molar refractivity (Wildman–Crippen MR) is 101 cm³/mol. The number of benzene rings is 1. The molecule has 9 heteroatoms. The zero-order valence-electron chi connectivity index (χ0n) is 16.0. The number of carbonyl (C=O) groups excluding carboxylic acids is 3. The average molecular weight is 393 g/mol. The molecule has 2 unspecified atom stereocenters. The number of carboxylic acids is 1. The van der Waals surface area contributed by atoms with Crippen molar-refractivity contribution in [2.75, 3.05) is 13.2 Å². The van der Waals surface area contributed by atoms with Gasteiger partial charge in [-0.2, -0.15) is 0 Å². The highest BCUT2D eigenvalue weighted by atomic mass is 16.5. The Morgan fingerprint density at radius 1 is 1.11 bits per heavy atom. The summed E-state index contributed by atoms with van der Waals surface area (Å²) < 4.78 is 5.41. The molecule has 0 aliphatic rings. The molecule has 0 fully saturated rings. The van der Waals surface area contributed by atoms with E-state index in [4.69, 9.17) is 4.74 Å². The van der Waals surface area contributed by atoms with Crippen LogP contribution in [-0.4, -0.2) is 54.5 Å². The average Bonchev–Trinajstić information content (AvgIpc) is 2.65.